The molecule has 0 saturated carbocycles. The highest BCUT2D eigenvalue weighted by Gasteiger charge is 2.14. The molecule has 0 rings (SSSR count). The van der Waals surface area contributed by atoms with Gasteiger partial charge in [-0.2, -0.15) is 23.5 Å². The summed E-state index contributed by atoms with van der Waals surface area (Å²) in [5.41, 5.74) is 10.6. The molecule has 0 aliphatic rings. The topological polar surface area (TPSA) is 147 Å². The molecule has 0 bridgehead atoms. The molecular weight excluding hydrogens is 280 g/mol. The maximum absolute atomic E-state index is 10.4. The molecule has 0 saturated heterocycles. The molecule has 0 aromatic heterocycles. The van der Waals surface area contributed by atoms with Crippen LogP contribution in [0.4, 0.5) is 0 Å². The average molecular weight is 298 g/mol. The lowest BCUT2D eigenvalue weighted by Crippen LogP contribution is -2.33. The van der Waals surface area contributed by atoms with E-state index in [2.05, 4.69) is 0 Å². The number of rotatable bonds is 10. The van der Waals surface area contributed by atoms with E-state index in [1.807, 2.05) is 0 Å². The predicted octanol–water partition coefficient (Wildman–Crippen LogP) is -1.36. The van der Waals surface area contributed by atoms with Gasteiger partial charge < -0.3 is 26.8 Å². The van der Waals surface area contributed by atoms with Gasteiger partial charge in [0.2, 0.25) is 0 Å². The van der Waals surface area contributed by atoms with E-state index < -0.39 is 30.1 Å². The Morgan fingerprint density at radius 3 is 1.50 bits per heavy atom. The highest BCUT2D eigenvalue weighted by Crippen LogP contribution is 2.10. The first kappa shape index (κ1) is 17.5. The van der Waals surface area contributed by atoms with Crippen LogP contribution in [0, 0.1) is 0 Å². The van der Waals surface area contributed by atoms with Gasteiger partial charge in [-0.25, -0.2) is 0 Å². The SMILES string of the molecule is NC(CSCC(O)CSCC(N)C(=O)O)C(=O)O. The second-order valence-corrected chi connectivity index (χ2v) is 5.77. The molecule has 0 aliphatic heterocycles. The summed E-state index contributed by atoms with van der Waals surface area (Å²) in [4.78, 5) is 20.8. The zero-order valence-corrected chi connectivity index (χ0v) is 11.3. The van der Waals surface area contributed by atoms with Crippen LogP contribution in [0.3, 0.4) is 0 Å². The van der Waals surface area contributed by atoms with Crippen LogP contribution in [0.5, 0.6) is 0 Å². The predicted molar refractivity (Wildman–Crippen MR) is 71.9 cm³/mol. The number of carboxylic acid groups (broad SMARTS) is 2. The summed E-state index contributed by atoms with van der Waals surface area (Å²) in [5.74, 6) is -0.971. The smallest absolute Gasteiger partial charge is 0.321 e. The molecule has 18 heavy (non-hydrogen) atoms. The first-order valence-electron chi connectivity index (χ1n) is 5.15. The van der Waals surface area contributed by atoms with E-state index in [0.717, 1.165) is 0 Å². The molecule has 106 valence electrons. The van der Waals surface area contributed by atoms with E-state index in [1.54, 1.807) is 0 Å². The van der Waals surface area contributed by atoms with Crippen LogP contribution in [0.15, 0.2) is 0 Å². The summed E-state index contributed by atoms with van der Waals surface area (Å²) in [6.07, 6.45) is -0.637. The molecule has 0 heterocycles. The van der Waals surface area contributed by atoms with E-state index in [-0.39, 0.29) is 11.5 Å². The minimum absolute atomic E-state index is 0.228. The maximum atomic E-state index is 10.4. The molecule has 0 fully saturated rings. The van der Waals surface area contributed by atoms with Gasteiger partial charge in [0.25, 0.3) is 0 Å². The van der Waals surface area contributed by atoms with Crippen LogP contribution < -0.4 is 11.5 Å². The highest BCUT2D eigenvalue weighted by molar-refractivity contribution is 8.00. The summed E-state index contributed by atoms with van der Waals surface area (Å²) >= 11 is 2.49. The monoisotopic (exact) mass is 298 g/mol. The lowest BCUT2D eigenvalue weighted by Gasteiger charge is -2.12. The number of carbonyl (C=O) groups is 2. The van der Waals surface area contributed by atoms with E-state index in [9.17, 15) is 14.7 Å². The van der Waals surface area contributed by atoms with Gasteiger partial charge in [-0.15, -0.1) is 0 Å². The van der Waals surface area contributed by atoms with Gasteiger partial charge in [0.05, 0.1) is 6.10 Å². The first-order valence-corrected chi connectivity index (χ1v) is 7.45. The number of aliphatic hydroxyl groups excluding tert-OH is 1. The van der Waals surface area contributed by atoms with E-state index in [0.29, 0.717) is 11.5 Å². The Labute approximate surface area is 113 Å². The van der Waals surface area contributed by atoms with Gasteiger partial charge in [-0.05, 0) is 0 Å². The minimum Gasteiger partial charge on any atom is -0.480 e. The lowest BCUT2D eigenvalue weighted by molar-refractivity contribution is -0.138. The Hall–Kier alpha value is -0.480. The molecular formula is C9H18N2O5S2. The van der Waals surface area contributed by atoms with Crippen molar-refractivity contribution in [3.8, 4) is 0 Å². The van der Waals surface area contributed by atoms with Crippen LogP contribution in [0.25, 0.3) is 0 Å². The molecule has 0 amide bonds. The van der Waals surface area contributed by atoms with Crippen LogP contribution in [-0.2, 0) is 9.59 Å². The van der Waals surface area contributed by atoms with Gasteiger partial charge in [0.15, 0.2) is 0 Å². The Bertz CT molecular complexity index is 254. The van der Waals surface area contributed by atoms with E-state index in [1.165, 1.54) is 23.5 Å². The molecule has 0 aliphatic carbocycles. The summed E-state index contributed by atoms with van der Waals surface area (Å²) in [5, 5.41) is 26.6. The molecule has 2 unspecified atom stereocenters. The molecule has 7 nitrogen and oxygen atoms in total. The maximum Gasteiger partial charge on any atom is 0.321 e. The lowest BCUT2D eigenvalue weighted by atomic mass is 10.4. The summed E-state index contributed by atoms with van der Waals surface area (Å²) < 4.78 is 0. The second-order valence-electron chi connectivity index (χ2n) is 3.62. The average Bonchev–Trinajstić information content (AvgIpc) is 2.28. The Kier molecular flexibility index (Phi) is 9.20. The normalized spacial score (nSPS) is 15.9. The molecule has 0 spiro atoms. The number of aliphatic carboxylic acids is 2. The number of thioether (sulfide) groups is 2. The Morgan fingerprint density at radius 1 is 0.889 bits per heavy atom. The fourth-order valence-corrected chi connectivity index (χ4v) is 2.85. The van der Waals surface area contributed by atoms with Gasteiger partial charge in [-0.3, -0.25) is 9.59 Å². The quantitative estimate of drug-likeness (QED) is 0.330. The third kappa shape index (κ3) is 8.59. The molecule has 0 aromatic carbocycles. The molecule has 7 N–H and O–H groups in total. The van der Waals surface area contributed by atoms with Crippen molar-refractivity contribution >= 4 is 35.5 Å². The molecule has 0 radical (unpaired) electrons. The van der Waals surface area contributed by atoms with Crippen molar-refractivity contribution in [2.75, 3.05) is 23.0 Å². The van der Waals surface area contributed by atoms with Gasteiger partial charge in [0, 0.05) is 23.0 Å². The summed E-state index contributed by atoms with van der Waals surface area (Å²) in [6, 6.07) is -1.87. The van der Waals surface area contributed by atoms with Crippen molar-refractivity contribution in [3.63, 3.8) is 0 Å². The standard InChI is InChI=1S/C9H18N2O5S2/c10-6(8(13)14)3-17-1-5(12)2-18-4-7(11)9(15)16/h5-7,12H,1-4,10-11H2,(H,13,14)(H,15,16). The Balaban J connectivity index is 3.57. The van der Waals surface area contributed by atoms with Crippen LogP contribution in [0.2, 0.25) is 0 Å². The minimum atomic E-state index is -1.07. The third-order valence-corrected chi connectivity index (χ3v) is 4.28. The van der Waals surface area contributed by atoms with Crippen molar-refractivity contribution in [1.82, 2.24) is 0 Å². The molecule has 0 aromatic rings. The summed E-state index contributed by atoms with van der Waals surface area (Å²) in [6.45, 7) is 0. The fraction of sp³-hybridized carbons (Fsp3) is 0.778. The van der Waals surface area contributed by atoms with Gasteiger partial charge >= 0.3 is 11.9 Å². The zero-order chi connectivity index (χ0) is 14.1. The van der Waals surface area contributed by atoms with Crippen molar-refractivity contribution < 1.29 is 24.9 Å². The van der Waals surface area contributed by atoms with Crippen molar-refractivity contribution in [2.45, 2.75) is 18.2 Å². The van der Waals surface area contributed by atoms with Crippen LogP contribution in [0.1, 0.15) is 0 Å². The van der Waals surface area contributed by atoms with Gasteiger partial charge in [-0.1, -0.05) is 0 Å². The van der Waals surface area contributed by atoms with Crippen LogP contribution >= 0.6 is 23.5 Å². The Morgan fingerprint density at radius 2 is 1.22 bits per heavy atom. The summed E-state index contributed by atoms with van der Waals surface area (Å²) in [7, 11) is 0. The number of aliphatic hydroxyl groups is 1. The van der Waals surface area contributed by atoms with Crippen molar-refractivity contribution in [1.29, 1.82) is 0 Å². The molecule has 2 atom stereocenters. The number of nitrogens with two attached hydrogens (primary N) is 2. The highest BCUT2D eigenvalue weighted by atomic mass is 32.2. The molecule has 9 heteroatoms. The van der Waals surface area contributed by atoms with Crippen LogP contribution in [-0.4, -0.2) is 68.5 Å². The number of hydrogen-bond donors (Lipinski definition) is 5. The largest absolute Gasteiger partial charge is 0.480 e. The first-order chi connectivity index (χ1) is 8.34. The third-order valence-electron chi connectivity index (χ3n) is 1.85. The second kappa shape index (κ2) is 9.45. The van der Waals surface area contributed by atoms with Crippen molar-refractivity contribution in [3.05, 3.63) is 0 Å². The fourth-order valence-electron chi connectivity index (χ4n) is 0.853. The van der Waals surface area contributed by atoms with E-state index >= 15 is 0 Å². The number of hydrogen-bond acceptors (Lipinski definition) is 7. The van der Waals surface area contributed by atoms with Gasteiger partial charge in [0.1, 0.15) is 12.1 Å². The number of carboxylic acids is 2. The van der Waals surface area contributed by atoms with E-state index in [4.69, 9.17) is 21.7 Å². The van der Waals surface area contributed by atoms with Crippen molar-refractivity contribution in [2.24, 2.45) is 11.5 Å². The zero-order valence-electron chi connectivity index (χ0n) is 9.69.